The Morgan fingerprint density at radius 2 is 2.09 bits per heavy atom. The fourth-order valence-corrected chi connectivity index (χ4v) is 2.88. The highest BCUT2D eigenvalue weighted by Gasteiger charge is 2.36. The molecule has 0 spiro atoms. The van der Waals surface area contributed by atoms with Gasteiger partial charge >= 0.3 is 6.18 Å². The summed E-state index contributed by atoms with van der Waals surface area (Å²) in [5, 5.41) is 3.42. The van der Waals surface area contributed by atoms with Gasteiger partial charge in [0.15, 0.2) is 5.69 Å². The zero-order chi connectivity index (χ0) is 16.5. The molecule has 1 amide bonds. The van der Waals surface area contributed by atoms with E-state index in [9.17, 15) is 18.0 Å². The van der Waals surface area contributed by atoms with E-state index in [0.29, 0.717) is 19.0 Å². The number of carbonyl (C=O) groups is 1. The normalized spacial score (nSPS) is 22.6. The molecule has 8 heteroatoms. The molecule has 124 valence electrons. The van der Waals surface area contributed by atoms with E-state index in [1.165, 1.54) is 6.20 Å². The summed E-state index contributed by atoms with van der Waals surface area (Å²) in [5.74, 6) is 0.196. The summed E-state index contributed by atoms with van der Waals surface area (Å²) in [6.45, 7) is 3.17. The second-order valence-electron chi connectivity index (χ2n) is 5.89. The summed E-state index contributed by atoms with van der Waals surface area (Å²) in [4.78, 5) is 16.1. The first kappa shape index (κ1) is 16.8. The van der Waals surface area contributed by atoms with E-state index >= 15 is 0 Å². The summed E-state index contributed by atoms with van der Waals surface area (Å²) < 4.78 is 38.6. The Hall–Kier alpha value is -1.57. The molecule has 1 aromatic rings. The van der Waals surface area contributed by atoms with Crippen LogP contribution in [0.4, 0.5) is 13.2 Å². The van der Waals surface area contributed by atoms with Crippen molar-refractivity contribution < 1.29 is 18.0 Å². The lowest BCUT2D eigenvalue weighted by molar-refractivity contribution is -0.142. The molecule has 0 saturated carbocycles. The van der Waals surface area contributed by atoms with Gasteiger partial charge in [0.25, 0.3) is 0 Å². The van der Waals surface area contributed by atoms with Crippen molar-refractivity contribution >= 4 is 5.91 Å². The Labute approximate surface area is 127 Å². The molecule has 2 atom stereocenters. The minimum absolute atomic E-state index is 0.160. The molecule has 1 fully saturated rings. The second-order valence-corrected chi connectivity index (χ2v) is 5.89. The van der Waals surface area contributed by atoms with Gasteiger partial charge in [-0.05, 0) is 26.1 Å². The van der Waals surface area contributed by atoms with Gasteiger partial charge in [0.05, 0.1) is 0 Å². The van der Waals surface area contributed by atoms with Crippen LogP contribution in [0.2, 0.25) is 0 Å². The van der Waals surface area contributed by atoms with Gasteiger partial charge in [-0.15, -0.1) is 0 Å². The minimum atomic E-state index is -4.48. The topological polar surface area (TPSA) is 41.4 Å². The molecular formula is C14H21F3N4O. The van der Waals surface area contributed by atoms with Crippen LogP contribution in [-0.2, 0) is 17.5 Å². The molecule has 0 unspecified atom stereocenters. The average Bonchev–Trinajstić information content (AvgIpc) is 3.03. The van der Waals surface area contributed by atoms with E-state index in [1.54, 1.807) is 4.90 Å². The summed E-state index contributed by atoms with van der Waals surface area (Å²) in [7, 11) is 3.95. The minimum Gasteiger partial charge on any atom is -0.339 e. The van der Waals surface area contributed by atoms with Crippen LogP contribution in [-0.4, -0.2) is 58.7 Å². The Bertz CT molecular complexity index is 526. The molecule has 0 bridgehead atoms. The Morgan fingerprint density at radius 3 is 2.55 bits per heavy atom. The van der Waals surface area contributed by atoms with Gasteiger partial charge in [-0.25, -0.2) is 0 Å². The van der Waals surface area contributed by atoms with Crippen molar-refractivity contribution in [2.24, 2.45) is 5.92 Å². The van der Waals surface area contributed by atoms with E-state index in [4.69, 9.17) is 0 Å². The number of likely N-dealkylation sites (N-methyl/N-ethyl adjacent to an activating group) is 1. The predicted octanol–water partition coefficient (Wildman–Crippen LogP) is 1.70. The van der Waals surface area contributed by atoms with E-state index in [2.05, 4.69) is 16.9 Å². The first-order chi connectivity index (χ1) is 10.2. The smallest absolute Gasteiger partial charge is 0.339 e. The van der Waals surface area contributed by atoms with E-state index in [1.807, 2.05) is 14.1 Å². The highest BCUT2D eigenvalue weighted by molar-refractivity contribution is 5.76. The molecule has 0 aliphatic carbocycles. The van der Waals surface area contributed by atoms with Crippen molar-refractivity contribution in [3.8, 4) is 0 Å². The van der Waals surface area contributed by atoms with Gasteiger partial charge in [-0.3, -0.25) is 9.48 Å². The van der Waals surface area contributed by atoms with Crippen molar-refractivity contribution in [2.75, 3.05) is 27.2 Å². The molecule has 1 aliphatic rings. The molecule has 22 heavy (non-hydrogen) atoms. The third kappa shape index (κ3) is 3.60. The number of likely N-dealkylation sites (tertiary alicyclic amines) is 1. The third-order valence-electron chi connectivity index (χ3n) is 4.18. The number of alkyl halides is 3. The molecule has 1 aliphatic heterocycles. The highest BCUT2D eigenvalue weighted by Crippen LogP contribution is 2.27. The molecule has 0 radical (unpaired) electrons. The Morgan fingerprint density at radius 1 is 1.41 bits per heavy atom. The van der Waals surface area contributed by atoms with Crippen LogP contribution in [0.15, 0.2) is 12.3 Å². The quantitative estimate of drug-likeness (QED) is 0.848. The molecule has 2 rings (SSSR count). The van der Waals surface area contributed by atoms with E-state index in [-0.39, 0.29) is 18.5 Å². The largest absolute Gasteiger partial charge is 0.435 e. The fraction of sp³-hybridized carbons (Fsp3) is 0.714. The van der Waals surface area contributed by atoms with E-state index < -0.39 is 11.9 Å². The zero-order valence-electron chi connectivity index (χ0n) is 13.0. The summed E-state index contributed by atoms with van der Waals surface area (Å²) >= 11 is 0. The number of halogens is 3. The summed E-state index contributed by atoms with van der Waals surface area (Å²) in [5.41, 5.74) is -0.973. The Balaban J connectivity index is 2.00. The highest BCUT2D eigenvalue weighted by atomic mass is 19.4. The van der Waals surface area contributed by atoms with E-state index in [0.717, 1.165) is 17.2 Å². The van der Waals surface area contributed by atoms with Gasteiger partial charge in [-0.1, -0.05) is 13.3 Å². The number of amides is 1. The number of carbonyl (C=O) groups excluding carboxylic acids is 1. The number of aromatic nitrogens is 2. The molecule has 5 nitrogen and oxygen atoms in total. The lowest BCUT2D eigenvalue weighted by Crippen LogP contribution is -2.37. The fourth-order valence-electron chi connectivity index (χ4n) is 2.88. The number of rotatable bonds is 4. The van der Waals surface area contributed by atoms with Crippen molar-refractivity contribution in [2.45, 2.75) is 32.1 Å². The predicted molar refractivity (Wildman–Crippen MR) is 75.1 cm³/mol. The molecule has 0 aromatic carbocycles. The standard InChI is InChI=1S/C14H21F3N4O/c1-4-10-7-20(8-11(10)19(2)3)13(22)9-21-6-5-12(18-21)14(15,16)17/h5-6,10-11H,4,7-9H2,1-3H3/t10-,11-/m1/s1. The van der Waals surface area contributed by atoms with Crippen molar-refractivity contribution in [3.05, 3.63) is 18.0 Å². The van der Waals surface area contributed by atoms with Gasteiger partial charge in [0.1, 0.15) is 6.54 Å². The summed E-state index contributed by atoms with van der Waals surface area (Å²) in [6, 6.07) is 1.17. The maximum atomic E-state index is 12.5. The molecule has 2 heterocycles. The zero-order valence-corrected chi connectivity index (χ0v) is 13.0. The van der Waals surface area contributed by atoms with Gasteiger partial charge < -0.3 is 9.80 Å². The van der Waals surface area contributed by atoms with Crippen LogP contribution < -0.4 is 0 Å². The number of nitrogens with zero attached hydrogens (tertiary/aromatic N) is 4. The van der Waals surface area contributed by atoms with Gasteiger partial charge in [0, 0.05) is 25.3 Å². The van der Waals surface area contributed by atoms with Gasteiger partial charge in [0.2, 0.25) is 5.91 Å². The first-order valence-electron chi connectivity index (χ1n) is 7.27. The Kier molecular flexibility index (Phi) is 4.79. The van der Waals surface area contributed by atoms with Crippen LogP contribution in [0.5, 0.6) is 0 Å². The molecule has 0 N–H and O–H groups in total. The number of hydrogen-bond donors (Lipinski definition) is 0. The monoisotopic (exact) mass is 318 g/mol. The molecule has 1 aromatic heterocycles. The average molecular weight is 318 g/mol. The van der Waals surface area contributed by atoms with Gasteiger partial charge in [-0.2, -0.15) is 18.3 Å². The van der Waals surface area contributed by atoms with Crippen LogP contribution in [0.3, 0.4) is 0 Å². The number of hydrogen-bond acceptors (Lipinski definition) is 3. The SMILES string of the molecule is CC[C@@H]1CN(C(=O)Cn2ccc(C(F)(F)F)n2)C[C@H]1N(C)C. The van der Waals surface area contributed by atoms with Crippen LogP contribution in [0.1, 0.15) is 19.0 Å². The third-order valence-corrected chi connectivity index (χ3v) is 4.18. The lowest BCUT2D eigenvalue weighted by atomic mass is 10.0. The van der Waals surface area contributed by atoms with Crippen LogP contribution in [0.25, 0.3) is 0 Å². The van der Waals surface area contributed by atoms with Crippen LogP contribution in [0, 0.1) is 5.92 Å². The second kappa shape index (κ2) is 6.28. The lowest BCUT2D eigenvalue weighted by Gasteiger charge is -2.23. The van der Waals surface area contributed by atoms with Crippen molar-refractivity contribution in [1.82, 2.24) is 19.6 Å². The molecular weight excluding hydrogens is 297 g/mol. The maximum absolute atomic E-state index is 12.5. The van der Waals surface area contributed by atoms with Crippen LogP contribution >= 0.6 is 0 Å². The van der Waals surface area contributed by atoms with Crippen molar-refractivity contribution in [1.29, 1.82) is 0 Å². The summed E-state index contributed by atoms with van der Waals surface area (Å²) in [6.07, 6.45) is -2.32. The first-order valence-corrected chi connectivity index (χ1v) is 7.27. The maximum Gasteiger partial charge on any atom is 0.435 e. The molecule has 1 saturated heterocycles. The van der Waals surface area contributed by atoms with Crippen molar-refractivity contribution in [3.63, 3.8) is 0 Å².